The fraction of sp³-hybridized carbons (Fsp3) is 0.857. The summed E-state index contributed by atoms with van der Waals surface area (Å²) in [5, 5.41) is 18.8. The van der Waals surface area contributed by atoms with Crippen LogP contribution >= 0.6 is 0 Å². The predicted molar refractivity (Wildman–Crippen MR) is 69.7 cm³/mol. The van der Waals surface area contributed by atoms with Gasteiger partial charge in [0.2, 0.25) is 5.91 Å². The van der Waals surface area contributed by atoms with Gasteiger partial charge < -0.3 is 10.0 Å². The first-order valence-corrected chi connectivity index (χ1v) is 6.70. The van der Waals surface area contributed by atoms with Crippen molar-refractivity contribution in [3.63, 3.8) is 0 Å². The molecule has 1 rings (SSSR count). The maximum atomic E-state index is 12.6. The van der Waals surface area contributed by atoms with E-state index < -0.39 is 11.0 Å². The molecule has 102 valence electrons. The van der Waals surface area contributed by atoms with Gasteiger partial charge in [-0.05, 0) is 26.7 Å². The number of hydrogen-bond acceptors (Lipinski definition) is 3. The Kier molecular flexibility index (Phi) is 4.75. The molecule has 0 aromatic carbocycles. The molecule has 0 unspecified atom stereocenters. The van der Waals surface area contributed by atoms with E-state index in [1.54, 1.807) is 11.9 Å². The van der Waals surface area contributed by atoms with Gasteiger partial charge in [0.05, 0.1) is 18.2 Å². The van der Waals surface area contributed by atoms with Crippen molar-refractivity contribution in [2.75, 3.05) is 13.7 Å². The molecular formula is C14H24N2O2. The summed E-state index contributed by atoms with van der Waals surface area (Å²) in [6.45, 7) is 3.52. The van der Waals surface area contributed by atoms with Gasteiger partial charge in [-0.25, -0.2) is 0 Å². The number of likely N-dealkylation sites (N-methyl/N-ethyl adjacent to an activating group) is 1. The van der Waals surface area contributed by atoms with E-state index in [1.165, 1.54) is 0 Å². The van der Waals surface area contributed by atoms with Crippen molar-refractivity contribution in [2.45, 2.75) is 57.9 Å². The minimum absolute atomic E-state index is 0.100. The summed E-state index contributed by atoms with van der Waals surface area (Å²) in [4.78, 5) is 14.1. The standard InChI is InChI=1S/C14H24N2O2/c1-13(2,11-17)16(3)12(18)14(10-15)8-6-4-5-7-9-14/h17H,4-9,11H2,1-3H3. The SMILES string of the molecule is CN(C(=O)C1(C#N)CCCCCC1)C(C)(C)CO. The summed E-state index contributed by atoms with van der Waals surface area (Å²) in [5.41, 5.74) is -1.50. The number of carbonyl (C=O) groups is 1. The van der Waals surface area contributed by atoms with Crippen LogP contribution in [0.3, 0.4) is 0 Å². The van der Waals surface area contributed by atoms with E-state index in [1.807, 2.05) is 13.8 Å². The predicted octanol–water partition coefficient (Wildman–Crippen LogP) is 2.08. The van der Waals surface area contributed by atoms with E-state index in [2.05, 4.69) is 6.07 Å². The van der Waals surface area contributed by atoms with E-state index in [0.717, 1.165) is 25.7 Å². The van der Waals surface area contributed by atoms with Gasteiger partial charge in [-0.3, -0.25) is 4.79 Å². The van der Waals surface area contributed by atoms with Crippen LogP contribution in [0.15, 0.2) is 0 Å². The summed E-state index contributed by atoms with van der Waals surface area (Å²) in [6, 6.07) is 2.26. The van der Waals surface area contributed by atoms with Crippen molar-refractivity contribution in [3.8, 4) is 6.07 Å². The molecule has 4 nitrogen and oxygen atoms in total. The number of rotatable bonds is 3. The molecule has 4 heteroatoms. The summed E-state index contributed by atoms with van der Waals surface area (Å²) in [7, 11) is 1.68. The molecule has 0 aromatic rings. The molecule has 1 saturated carbocycles. The van der Waals surface area contributed by atoms with Gasteiger partial charge in [0.1, 0.15) is 5.41 Å². The van der Waals surface area contributed by atoms with Crippen LogP contribution in [-0.2, 0) is 4.79 Å². The first kappa shape index (κ1) is 15.0. The van der Waals surface area contributed by atoms with E-state index >= 15 is 0 Å². The highest BCUT2D eigenvalue weighted by molar-refractivity contribution is 5.86. The molecule has 0 heterocycles. The van der Waals surface area contributed by atoms with Gasteiger partial charge in [0, 0.05) is 7.05 Å². The summed E-state index contributed by atoms with van der Waals surface area (Å²) in [6.07, 6.45) is 5.37. The highest BCUT2D eigenvalue weighted by Gasteiger charge is 2.43. The normalized spacial score (nSPS) is 19.7. The van der Waals surface area contributed by atoms with E-state index in [4.69, 9.17) is 0 Å². The summed E-state index contributed by atoms with van der Waals surface area (Å²) < 4.78 is 0. The average Bonchev–Trinajstić information content (AvgIpc) is 2.63. The highest BCUT2D eigenvalue weighted by Crippen LogP contribution is 2.37. The van der Waals surface area contributed by atoms with Crippen LogP contribution in [-0.4, -0.2) is 35.1 Å². The quantitative estimate of drug-likeness (QED) is 0.782. The van der Waals surface area contributed by atoms with Crippen LogP contribution in [0.25, 0.3) is 0 Å². The fourth-order valence-corrected chi connectivity index (χ4v) is 2.41. The van der Waals surface area contributed by atoms with E-state index in [9.17, 15) is 15.2 Å². The smallest absolute Gasteiger partial charge is 0.243 e. The topological polar surface area (TPSA) is 64.3 Å². The molecule has 0 atom stereocenters. The largest absolute Gasteiger partial charge is 0.394 e. The van der Waals surface area contributed by atoms with Crippen molar-refractivity contribution in [3.05, 3.63) is 0 Å². The number of hydrogen-bond donors (Lipinski definition) is 1. The molecule has 1 aliphatic carbocycles. The molecule has 18 heavy (non-hydrogen) atoms. The zero-order chi connectivity index (χ0) is 13.8. The van der Waals surface area contributed by atoms with Crippen molar-refractivity contribution >= 4 is 5.91 Å². The third kappa shape index (κ3) is 2.84. The molecule has 0 aromatic heterocycles. The van der Waals surface area contributed by atoms with Gasteiger partial charge in [0.15, 0.2) is 0 Å². The van der Waals surface area contributed by atoms with Crippen LogP contribution in [0, 0.1) is 16.7 Å². The van der Waals surface area contributed by atoms with Crippen LogP contribution in [0.4, 0.5) is 0 Å². The third-order valence-corrected chi connectivity index (χ3v) is 4.18. The highest BCUT2D eigenvalue weighted by atomic mass is 16.3. The first-order chi connectivity index (χ1) is 8.39. The number of nitrogens with zero attached hydrogens (tertiary/aromatic N) is 2. The number of aliphatic hydroxyl groups excluding tert-OH is 1. The van der Waals surface area contributed by atoms with E-state index in [0.29, 0.717) is 12.8 Å². The van der Waals surface area contributed by atoms with Crippen molar-refractivity contribution in [1.82, 2.24) is 4.90 Å². The minimum atomic E-state index is -0.877. The second-order valence-electron chi connectivity index (χ2n) is 5.94. The Bertz CT molecular complexity index is 336. The lowest BCUT2D eigenvalue weighted by Gasteiger charge is -2.39. The van der Waals surface area contributed by atoms with Crippen LogP contribution < -0.4 is 0 Å². The number of amides is 1. The van der Waals surface area contributed by atoms with Crippen molar-refractivity contribution < 1.29 is 9.90 Å². The number of aliphatic hydroxyl groups is 1. The number of nitriles is 1. The molecule has 0 radical (unpaired) electrons. The molecule has 0 saturated heterocycles. The van der Waals surface area contributed by atoms with Gasteiger partial charge in [-0.2, -0.15) is 5.26 Å². The van der Waals surface area contributed by atoms with Crippen molar-refractivity contribution in [1.29, 1.82) is 5.26 Å². The monoisotopic (exact) mass is 252 g/mol. The molecule has 1 aliphatic rings. The summed E-state index contributed by atoms with van der Waals surface area (Å²) in [5.74, 6) is -0.133. The van der Waals surface area contributed by atoms with Crippen LogP contribution in [0.1, 0.15) is 52.4 Å². The van der Waals surface area contributed by atoms with Gasteiger partial charge in [-0.15, -0.1) is 0 Å². The summed E-state index contributed by atoms with van der Waals surface area (Å²) >= 11 is 0. The Morgan fingerprint density at radius 1 is 1.33 bits per heavy atom. The lowest BCUT2D eigenvalue weighted by atomic mass is 9.79. The Balaban J connectivity index is 2.94. The second-order valence-corrected chi connectivity index (χ2v) is 5.94. The molecule has 1 amide bonds. The van der Waals surface area contributed by atoms with Crippen LogP contribution in [0.2, 0.25) is 0 Å². The maximum absolute atomic E-state index is 12.6. The fourth-order valence-electron chi connectivity index (χ4n) is 2.41. The molecule has 0 spiro atoms. The Labute approximate surface area is 110 Å². The maximum Gasteiger partial charge on any atom is 0.243 e. The Morgan fingerprint density at radius 2 is 1.83 bits per heavy atom. The van der Waals surface area contributed by atoms with Crippen LogP contribution in [0.5, 0.6) is 0 Å². The lowest BCUT2D eigenvalue weighted by Crippen LogP contribution is -2.53. The first-order valence-electron chi connectivity index (χ1n) is 6.70. The zero-order valence-electron chi connectivity index (χ0n) is 11.7. The molecule has 0 bridgehead atoms. The Hall–Kier alpha value is -1.08. The minimum Gasteiger partial charge on any atom is -0.394 e. The van der Waals surface area contributed by atoms with Crippen molar-refractivity contribution in [2.24, 2.45) is 5.41 Å². The van der Waals surface area contributed by atoms with E-state index in [-0.39, 0.29) is 12.5 Å². The molecular weight excluding hydrogens is 228 g/mol. The number of carbonyl (C=O) groups excluding carboxylic acids is 1. The second kappa shape index (κ2) is 5.71. The van der Waals surface area contributed by atoms with Gasteiger partial charge in [0.25, 0.3) is 0 Å². The molecule has 1 N–H and O–H groups in total. The molecule has 1 fully saturated rings. The Morgan fingerprint density at radius 3 is 2.22 bits per heavy atom. The van der Waals surface area contributed by atoms with Gasteiger partial charge in [-0.1, -0.05) is 25.7 Å². The van der Waals surface area contributed by atoms with Gasteiger partial charge >= 0.3 is 0 Å². The third-order valence-electron chi connectivity index (χ3n) is 4.18. The molecule has 0 aliphatic heterocycles. The lowest BCUT2D eigenvalue weighted by molar-refractivity contribution is -0.144. The average molecular weight is 252 g/mol. The zero-order valence-corrected chi connectivity index (χ0v) is 11.7.